The molecule has 0 amide bonds. The Kier molecular flexibility index (Phi) is 13.5. The molecule has 3 aromatic carbocycles. The van der Waals surface area contributed by atoms with Crippen molar-refractivity contribution in [3.05, 3.63) is 100 Å². The van der Waals surface area contributed by atoms with Gasteiger partial charge < -0.3 is 24.3 Å². The normalized spacial score (nSPS) is 11.7. The van der Waals surface area contributed by atoms with E-state index in [9.17, 15) is 41.5 Å². The van der Waals surface area contributed by atoms with Gasteiger partial charge in [-0.3, -0.25) is 0 Å². The maximum absolute atomic E-state index is 14.1. The summed E-state index contributed by atoms with van der Waals surface area (Å²) in [6, 6.07) is 13.2. The van der Waals surface area contributed by atoms with E-state index in [-0.39, 0.29) is 95.9 Å². The van der Waals surface area contributed by atoms with E-state index < -0.39 is 29.4 Å². The zero-order valence-corrected chi connectivity index (χ0v) is 30.6. The summed E-state index contributed by atoms with van der Waals surface area (Å²) < 4.78 is 94.6. The summed E-state index contributed by atoms with van der Waals surface area (Å²) in [6.45, 7) is 5.29. The van der Waals surface area contributed by atoms with Crippen molar-refractivity contribution in [2.24, 2.45) is 0 Å². The van der Waals surface area contributed by atoms with Crippen LogP contribution in [0.3, 0.4) is 0 Å². The monoisotopic (exact) mass is 722 g/mol. The standard InChI is InChI=1S/C36H34F6N4O4.Na/c1-34(2,3)25-8-10-31(49-4)30(16-25)29-9-7-26(35(37,38)39)15-24(29)21-46(20-23-12-22(17-43)13-27(14-23)36(40,41)42)33-44-18-28(19-45-33)50-11-5-6-32(47)48;/h7-10,12-16,18-19H,5-6,11,20-21H2,1-4H3,(H,47,48);/q;+1/p-1. The molecular weight excluding hydrogens is 689 g/mol. The fraction of sp³-hybridized carbons (Fsp3) is 0.333. The summed E-state index contributed by atoms with van der Waals surface area (Å²) in [4.78, 5) is 20.6. The van der Waals surface area contributed by atoms with Gasteiger partial charge in [-0.05, 0) is 83.0 Å². The number of carboxylic acids is 1. The number of carbonyl (C=O) groups is 1. The van der Waals surface area contributed by atoms with Crippen molar-refractivity contribution >= 4 is 11.9 Å². The maximum Gasteiger partial charge on any atom is 1.00 e. The number of carboxylic acid groups (broad SMARTS) is 1. The van der Waals surface area contributed by atoms with Crippen molar-refractivity contribution < 1.29 is 75.3 Å². The number of aliphatic carboxylic acids is 1. The van der Waals surface area contributed by atoms with Gasteiger partial charge in [0.2, 0.25) is 5.95 Å². The number of benzene rings is 3. The number of nitrogens with zero attached hydrogens (tertiary/aromatic N) is 4. The molecule has 0 atom stereocenters. The minimum Gasteiger partial charge on any atom is -0.550 e. The Morgan fingerprint density at radius 1 is 0.863 bits per heavy atom. The predicted molar refractivity (Wildman–Crippen MR) is 170 cm³/mol. The smallest absolute Gasteiger partial charge is 0.550 e. The van der Waals surface area contributed by atoms with E-state index in [4.69, 9.17) is 9.47 Å². The number of nitriles is 1. The fourth-order valence-corrected chi connectivity index (χ4v) is 5.14. The Morgan fingerprint density at radius 2 is 1.51 bits per heavy atom. The van der Waals surface area contributed by atoms with Crippen LogP contribution in [0.25, 0.3) is 11.1 Å². The molecule has 4 aromatic rings. The molecule has 0 aliphatic heterocycles. The van der Waals surface area contributed by atoms with Gasteiger partial charge >= 0.3 is 41.9 Å². The van der Waals surface area contributed by atoms with Crippen molar-refractivity contribution in [1.29, 1.82) is 5.26 Å². The Labute approximate surface area is 313 Å². The zero-order chi connectivity index (χ0) is 36.9. The van der Waals surface area contributed by atoms with E-state index in [0.717, 1.165) is 23.8 Å². The Balaban J connectivity index is 0.00000702. The molecule has 8 nitrogen and oxygen atoms in total. The summed E-state index contributed by atoms with van der Waals surface area (Å²) in [5.41, 5.74) is -0.696. The summed E-state index contributed by atoms with van der Waals surface area (Å²) in [5, 5.41) is 20.1. The number of ether oxygens (including phenoxy) is 2. The van der Waals surface area contributed by atoms with Crippen molar-refractivity contribution in [1.82, 2.24) is 9.97 Å². The van der Waals surface area contributed by atoms with Gasteiger partial charge in [-0.2, -0.15) is 31.6 Å². The van der Waals surface area contributed by atoms with Gasteiger partial charge in [-0.25, -0.2) is 9.97 Å². The molecule has 0 spiro atoms. The first-order valence-electron chi connectivity index (χ1n) is 15.3. The molecule has 1 heterocycles. The summed E-state index contributed by atoms with van der Waals surface area (Å²) in [6.07, 6.45) is -7.08. The Bertz CT molecular complexity index is 1870. The molecule has 0 saturated carbocycles. The first kappa shape index (κ1) is 41.1. The number of hydrogen-bond donors (Lipinski definition) is 0. The molecule has 0 unspecified atom stereocenters. The predicted octanol–water partition coefficient (Wildman–Crippen LogP) is 4.48. The average molecular weight is 723 g/mol. The van der Waals surface area contributed by atoms with Crippen LogP contribution in [0.4, 0.5) is 32.3 Å². The second kappa shape index (κ2) is 16.8. The molecule has 0 radical (unpaired) electrons. The number of alkyl halides is 6. The Morgan fingerprint density at radius 3 is 2.08 bits per heavy atom. The molecule has 0 aliphatic rings. The maximum atomic E-state index is 14.1. The van der Waals surface area contributed by atoms with Crippen LogP contribution in [-0.4, -0.2) is 29.7 Å². The van der Waals surface area contributed by atoms with Crippen LogP contribution in [0.1, 0.15) is 67.0 Å². The van der Waals surface area contributed by atoms with Crippen LogP contribution >= 0.6 is 0 Å². The molecule has 15 heteroatoms. The second-order valence-corrected chi connectivity index (χ2v) is 12.5. The van der Waals surface area contributed by atoms with Crippen LogP contribution in [0, 0.1) is 11.3 Å². The number of carbonyl (C=O) groups excluding carboxylic acids is 1. The number of methoxy groups -OCH3 is 1. The van der Waals surface area contributed by atoms with E-state index in [0.29, 0.717) is 22.9 Å². The fourth-order valence-electron chi connectivity index (χ4n) is 5.14. The van der Waals surface area contributed by atoms with Gasteiger partial charge in [-0.15, -0.1) is 0 Å². The van der Waals surface area contributed by atoms with Gasteiger partial charge in [0.25, 0.3) is 0 Å². The number of rotatable bonds is 12. The molecule has 51 heavy (non-hydrogen) atoms. The topological polar surface area (TPSA) is 111 Å². The molecule has 0 saturated heterocycles. The van der Waals surface area contributed by atoms with E-state index in [1.807, 2.05) is 32.9 Å². The number of anilines is 1. The number of halogens is 6. The van der Waals surface area contributed by atoms with Crippen molar-refractivity contribution in [2.75, 3.05) is 18.6 Å². The molecule has 0 fully saturated rings. The molecular formula is C36H33F6N4NaO4. The number of hydrogen-bond acceptors (Lipinski definition) is 8. The zero-order valence-electron chi connectivity index (χ0n) is 28.6. The third kappa shape index (κ3) is 11.1. The van der Waals surface area contributed by atoms with E-state index in [2.05, 4.69) is 9.97 Å². The third-order valence-electron chi connectivity index (χ3n) is 7.66. The largest absolute Gasteiger partial charge is 1.00 e. The van der Waals surface area contributed by atoms with E-state index in [1.165, 1.54) is 36.5 Å². The SMILES string of the molecule is COc1ccc(C(C)(C)C)cc1-c1ccc(C(F)(F)F)cc1CN(Cc1cc(C#N)cc(C(F)(F)F)c1)c1ncc(OCCCC(=O)[O-])cn1.[Na+]. The molecule has 4 rings (SSSR count). The van der Waals surface area contributed by atoms with Crippen molar-refractivity contribution in [3.63, 3.8) is 0 Å². The summed E-state index contributed by atoms with van der Waals surface area (Å²) >= 11 is 0. The molecule has 0 aliphatic carbocycles. The minimum atomic E-state index is -4.78. The first-order chi connectivity index (χ1) is 23.4. The molecule has 0 bridgehead atoms. The van der Waals surface area contributed by atoms with Gasteiger partial charge in [0.15, 0.2) is 5.75 Å². The van der Waals surface area contributed by atoms with Crippen molar-refractivity contribution in [3.8, 4) is 28.7 Å². The van der Waals surface area contributed by atoms with Crippen LogP contribution in [-0.2, 0) is 35.7 Å². The van der Waals surface area contributed by atoms with Crippen LogP contribution < -0.4 is 49.0 Å². The molecule has 0 N–H and O–H groups in total. The van der Waals surface area contributed by atoms with Gasteiger partial charge in [0, 0.05) is 24.6 Å². The minimum absolute atomic E-state index is 0. The van der Waals surface area contributed by atoms with Crippen molar-refractivity contribution in [2.45, 2.75) is 64.5 Å². The summed E-state index contributed by atoms with van der Waals surface area (Å²) in [5.74, 6) is -0.775. The average Bonchev–Trinajstić information content (AvgIpc) is 3.05. The van der Waals surface area contributed by atoms with Gasteiger partial charge in [-0.1, -0.05) is 32.9 Å². The van der Waals surface area contributed by atoms with Crippen LogP contribution in [0.5, 0.6) is 11.5 Å². The quantitative estimate of drug-likeness (QED) is 0.120. The van der Waals surface area contributed by atoms with E-state index in [1.54, 1.807) is 12.1 Å². The van der Waals surface area contributed by atoms with Crippen LogP contribution in [0.2, 0.25) is 0 Å². The molecule has 1 aromatic heterocycles. The second-order valence-electron chi connectivity index (χ2n) is 12.5. The summed E-state index contributed by atoms with van der Waals surface area (Å²) in [7, 11) is 1.43. The molecule has 264 valence electrons. The van der Waals surface area contributed by atoms with Gasteiger partial charge in [0.1, 0.15) is 5.75 Å². The first-order valence-corrected chi connectivity index (χ1v) is 15.3. The van der Waals surface area contributed by atoms with Gasteiger partial charge in [0.05, 0.1) is 48.9 Å². The van der Waals surface area contributed by atoms with E-state index >= 15 is 0 Å². The number of aromatic nitrogens is 2. The third-order valence-corrected chi connectivity index (χ3v) is 7.66. The Hall–Kier alpha value is -4.32. The van der Waals surface area contributed by atoms with Crippen LogP contribution in [0.15, 0.2) is 67.0 Å².